The van der Waals surface area contributed by atoms with Gasteiger partial charge in [-0.2, -0.15) is 0 Å². The van der Waals surface area contributed by atoms with Crippen LogP contribution in [-0.4, -0.2) is 20.7 Å². The van der Waals surface area contributed by atoms with Gasteiger partial charge in [0.2, 0.25) is 5.88 Å². The monoisotopic (exact) mass is 401 g/mol. The molecule has 4 aromatic rings. The quantitative estimate of drug-likeness (QED) is 0.253. The van der Waals surface area contributed by atoms with Gasteiger partial charge in [-0.15, -0.1) is 5.10 Å². The summed E-state index contributed by atoms with van der Waals surface area (Å²) >= 11 is 0. The normalized spacial score (nSPS) is 11.0. The minimum Gasteiger partial charge on any atom is -0.402 e. The zero-order chi connectivity index (χ0) is 21.3. The number of carbonyl (C=O) groups is 1. The maximum Gasteiger partial charge on any atom is 0.344 e. The Labute approximate surface area is 172 Å². The Bertz CT molecular complexity index is 1230. The minimum absolute atomic E-state index is 0.00781. The maximum absolute atomic E-state index is 12.7. The fourth-order valence-electron chi connectivity index (χ4n) is 3.26. The molecule has 0 unspecified atom stereocenters. The molecule has 7 nitrogen and oxygen atoms in total. The van der Waals surface area contributed by atoms with Crippen molar-refractivity contribution in [2.24, 2.45) is 0 Å². The van der Waals surface area contributed by atoms with Gasteiger partial charge in [0.15, 0.2) is 0 Å². The van der Waals surface area contributed by atoms with Crippen molar-refractivity contribution in [2.75, 3.05) is 0 Å². The molecule has 0 fully saturated rings. The Hall–Kier alpha value is -4.00. The number of hydrogen-bond acceptors (Lipinski definition) is 5. The molecule has 0 bridgehead atoms. The van der Waals surface area contributed by atoms with Gasteiger partial charge in [-0.1, -0.05) is 42.5 Å². The van der Waals surface area contributed by atoms with Crippen molar-refractivity contribution in [3.05, 3.63) is 88.5 Å². The Morgan fingerprint density at radius 3 is 2.30 bits per heavy atom. The zero-order valence-electron chi connectivity index (χ0n) is 16.5. The van der Waals surface area contributed by atoms with Gasteiger partial charge in [0, 0.05) is 18.2 Å². The lowest BCUT2D eigenvalue weighted by Gasteiger charge is -2.06. The number of hydrogen-bond donors (Lipinski definition) is 0. The number of ether oxygens (including phenoxy) is 1. The summed E-state index contributed by atoms with van der Waals surface area (Å²) in [6, 6.07) is 21.3. The van der Waals surface area contributed by atoms with Crippen molar-refractivity contribution < 1.29 is 14.5 Å². The van der Waals surface area contributed by atoms with Crippen LogP contribution in [0.2, 0.25) is 0 Å². The highest BCUT2D eigenvalue weighted by Gasteiger charge is 2.20. The fraction of sp³-hybridized carbons (Fsp3) is 0.130. The Kier molecular flexibility index (Phi) is 5.02. The van der Waals surface area contributed by atoms with Crippen LogP contribution in [0.4, 0.5) is 5.69 Å². The molecule has 0 aliphatic heterocycles. The van der Waals surface area contributed by atoms with Crippen LogP contribution in [0.5, 0.6) is 5.88 Å². The number of nitrogens with zero attached hydrogens (tertiary/aromatic N) is 3. The highest BCUT2D eigenvalue weighted by Crippen LogP contribution is 2.31. The van der Waals surface area contributed by atoms with Gasteiger partial charge in [0.1, 0.15) is 0 Å². The second-order valence-electron chi connectivity index (χ2n) is 7.13. The van der Waals surface area contributed by atoms with Crippen LogP contribution in [0.15, 0.2) is 72.8 Å². The van der Waals surface area contributed by atoms with E-state index in [0.29, 0.717) is 16.5 Å². The first kappa shape index (κ1) is 19.3. The summed E-state index contributed by atoms with van der Waals surface area (Å²) in [4.78, 5) is 23.4. The van der Waals surface area contributed by atoms with Crippen LogP contribution in [0.25, 0.3) is 22.0 Å². The number of nitro groups is 1. The topological polar surface area (TPSA) is 87.3 Å². The standard InChI is InChI=1S/C23H19N3O4/c1-15(2)25-21-13-12-19(26(28)29)14-20(21)22(24-25)30-23(27)18-10-8-17(9-11-18)16-6-4-3-5-7-16/h3-15H,1-2H3. The number of nitro benzene ring substituents is 1. The molecule has 150 valence electrons. The molecule has 0 atom stereocenters. The Balaban J connectivity index is 1.65. The fourth-order valence-corrected chi connectivity index (χ4v) is 3.26. The molecule has 0 amide bonds. The number of fused-ring (bicyclic) bond motifs is 1. The summed E-state index contributed by atoms with van der Waals surface area (Å²) in [5, 5.41) is 16.0. The van der Waals surface area contributed by atoms with E-state index in [4.69, 9.17) is 4.74 Å². The molecular weight excluding hydrogens is 382 g/mol. The van der Waals surface area contributed by atoms with Crippen molar-refractivity contribution in [3.63, 3.8) is 0 Å². The average molecular weight is 401 g/mol. The predicted octanol–water partition coefficient (Wildman–Crippen LogP) is 5.41. The van der Waals surface area contributed by atoms with Gasteiger partial charge >= 0.3 is 5.97 Å². The van der Waals surface area contributed by atoms with Crippen molar-refractivity contribution in [3.8, 4) is 17.0 Å². The highest BCUT2D eigenvalue weighted by atomic mass is 16.6. The van der Waals surface area contributed by atoms with E-state index in [2.05, 4.69) is 5.10 Å². The largest absolute Gasteiger partial charge is 0.402 e. The molecule has 0 radical (unpaired) electrons. The average Bonchev–Trinajstić information content (AvgIpc) is 3.12. The van der Waals surface area contributed by atoms with Gasteiger partial charge in [-0.05, 0) is 43.2 Å². The summed E-state index contributed by atoms with van der Waals surface area (Å²) < 4.78 is 7.21. The SMILES string of the molecule is CC(C)n1nc(OC(=O)c2ccc(-c3ccccc3)cc2)c2cc([N+](=O)[O-])ccc21. The van der Waals surface area contributed by atoms with Crippen LogP contribution in [0.3, 0.4) is 0 Å². The zero-order valence-corrected chi connectivity index (χ0v) is 16.5. The van der Waals surface area contributed by atoms with Crippen molar-refractivity contribution in [2.45, 2.75) is 19.9 Å². The molecule has 1 heterocycles. The molecule has 0 N–H and O–H groups in total. The van der Waals surface area contributed by atoms with E-state index in [1.807, 2.05) is 56.3 Å². The lowest BCUT2D eigenvalue weighted by molar-refractivity contribution is -0.384. The van der Waals surface area contributed by atoms with Gasteiger partial charge < -0.3 is 4.74 Å². The van der Waals surface area contributed by atoms with E-state index in [1.165, 1.54) is 12.1 Å². The number of aromatic nitrogens is 2. The molecule has 4 rings (SSSR count). The van der Waals surface area contributed by atoms with E-state index in [1.54, 1.807) is 22.9 Å². The Morgan fingerprint density at radius 1 is 1.00 bits per heavy atom. The Morgan fingerprint density at radius 2 is 1.67 bits per heavy atom. The first-order chi connectivity index (χ1) is 14.4. The number of carbonyl (C=O) groups excluding carboxylic acids is 1. The molecule has 30 heavy (non-hydrogen) atoms. The molecule has 3 aromatic carbocycles. The minimum atomic E-state index is -0.573. The van der Waals surface area contributed by atoms with E-state index in [-0.39, 0.29) is 17.6 Å². The number of rotatable bonds is 5. The van der Waals surface area contributed by atoms with Crippen LogP contribution in [-0.2, 0) is 0 Å². The van der Waals surface area contributed by atoms with Crippen LogP contribution in [0, 0.1) is 10.1 Å². The van der Waals surface area contributed by atoms with Crippen LogP contribution < -0.4 is 4.74 Å². The van der Waals surface area contributed by atoms with Gasteiger partial charge in [0.05, 0.1) is 21.4 Å². The molecule has 1 aromatic heterocycles. The lowest BCUT2D eigenvalue weighted by atomic mass is 10.0. The van der Waals surface area contributed by atoms with E-state index in [9.17, 15) is 14.9 Å². The predicted molar refractivity (Wildman–Crippen MR) is 114 cm³/mol. The highest BCUT2D eigenvalue weighted by molar-refractivity contribution is 5.95. The summed E-state index contributed by atoms with van der Waals surface area (Å²) in [5.74, 6) is -0.518. The third-order valence-electron chi connectivity index (χ3n) is 4.77. The third-order valence-corrected chi connectivity index (χ3v) is 4.77. The maximum atomic E-state index is 12.7. The van der Waals surface area contributed by atoms with Gasteiger partial charge in [-0.3, -0.25) is 14.8 Å². The third kappa shape index (κ3) is 3.65. The van der Waals surface area contributed by atoms with Gasteiger partial charge in [0.25, 0.3) is 5.69 Å². The van der Waals surface area contributed by atoms with E-state index < -0.39 is 10.9 Å². The van der Waals surface area contributed by atoms with Gasteiger partial charge in [-0.25, -0.2) is 4.79 Å². The summed E-state index contributed by atoms with van der Waals surface area (Å²) in [6.07, 6.45) is 0. The smallest absolute Gasteiger partial charge is 0.344 e. The second-order valence-corrected chi connectivity index (χ2v) is 7.13. The molecule has 0 aliphatic rings. The molecule has 0 saturated carbocycles. The summed E-state index contributed by atoms with van der Waals surface area (Å²) in [6.45, 7) is 3.86. The number of non-ortho nitro benzene ring substituents is 1. The first-order valence-corrected chi connectivity index (χ1v) is 9.48. The molecule has 7 heteroatoms. The van der Waals surface area contributed by atoms with Crippen molar-refractivity contribution >= 4 is 22.6 Å². The van der Waals surface area contributed by atoms with Crippen molar-refractivity contribution in [1.29, 1.82) is 0 Å². The van der Waals surface area contributed by atoms with Crippen molar-refractivity contribution in [1.82, 2.24) is 9.78 Å². The number of benzene rings is 3. The van der Waals surface area contributed by atoms with Crippen LogP contribution in [0.1, 0.15) is 30.2 Å². The molecule has 0 aliphatic carbocycles. The lowest BCUT2D eigenvalue weighted by Crippen LogP contribution is -2.10. The molecular formula is C23H19N3O4. The summed E-state index contributed by atoms with van der Waals surface area (Å²) in [5.41, 5.74) is 2.98. The van der Waals surface area contributed by atoms with E-state index in [0.717, 1.165) is 11.1 Å². The van der Waals surface area contributed by atoms with E-state index >= 15 is 0 Å². The number of esters is 1. The second kappa shape index (κ2) is 7.79. The summed E-state index contributed by atoms with van der Waals surface area (Å²) in [7, 11) is 0. The molecule has 0 saturated heterocycles. The van der Waals surface area contributed by atoms with Crippen LogP contribution >= 0.6 is 0 Å². The molecule has 0 spiro atoms. The first-order valence-electron chi connectivity index (χ1n) is 9.48.